The zero-order valence-electron chi connectivity index (χ0n) is 20.1. The van der Waals surface area contributed by atoms with Crippen molar-refractivity contribution in [3.8, 4) is 0 Å². The lowest BCUT2D eigenvalue weighted by Gasteiger charge is -2.35. The number of carbonyl (C=O) groups excluding carboxylic acids is 1. The number of aromatic nitrogens is 2. The lowest BCUT2D eigenvalue weighted by atomic mass is 9.72. The van der Waals surface area contributed by atoms with Crippen LogP contribution in [-0.2, 0) is 17.6 Å². The summed E-state index contributed by atoms with van der Waals surface area (Å²) in [6.07, 6.45) is 10.5. The van der Waals surface area contributed by atoms with Crippen molar-refractivity contribution in [3.05, 3.63) is 16.3 Å². The molecule has 6 heteroatoms. The molecule has 2 aromatic heterocycles. The Morgan fingerprint density at radius 3 is 2.69 bits per heavy atom. The van der Waals surface area contributed by atoms with Crippen LogP contribution in [-0.4, -0.2) is 39.1 Å². The number of carbonyl (C=O) groups is 1. The van der Waals surface area contributed by atoms with Gasteiger partial charge in [0.1, 0.15) is 15.7 Å². The highest BCUT2D eigenvalue weighted by Crippen LogP contribution is 2.46. The fourth-order valence-corrected chi connectivity index (χ4v) is 7.81. The van der Waals surface area contributed by atoms with E-state index in [0.717, 1.165) is 55.4 Å². The van der Waals surface area contributed by atoms with Crippen molar-refractivity contribution >= 4 is 39.2 Å². The molecule has 0 bridgehead atoms. The van der Waals surface area contributed by atoms with Crippen LogP contribution in [0, 0.1) is 11.3 Å². The first-order chi connectivity index (χ1) is 15.3. The Balaban J connectivity index is 1.43. The minimum absolute atomic E-state index is 0.290. The Hall–Kier alpha value is -1.14. The van der Waals surface area contributed by atoms with Gasteiger partial charge in [-0.25, -0.2) is 9.97 Å². The van der Waals surface area contributed by atoms with E-state index in [0.29, 0.717) is 23.1 Å². The first kappa shape index (κ1) is 22.6. The van der Waals surface area contributed by atoms with Gasteiger partial charge < -0.3 is 4.90 Å². The van der Waals surface area contributed by atoms with Crippen molar-refractivity contribution in [2.75, 3.05) is 12.3 Å². The van der Waals surface area contributed by atoms with Crippen LogP contribution in [0.15, 0.2) is 5.03 Å². The number of piperidine rings is 1. The number of nitrogens with zero attached hydrogens (tertiary/aromatic N) is 3. The Morgan fingerprint density at radius 1 is 1.16 bits per heavy atom. The largest absolute Gasteiger partial charge is 0.339 e. The van der Waals surface area contributed by atoms with Crippen molar-refractivity contribution in [2.24, 2.45) is 11.3 Å². The molecule has 2 aromatic rings. The molecule has 1 amide bonds. The van der Waals surface area contributed by atoms with E-state index >= 15 is 0 Å². The molecule has 2 fully saturated rings. The molecule has 174 valence electrons. The molecule has 3 heterocycles. The van der Waals surface area contributed by atoms with Crippen LogP contribution < -0.4 is 0 Å². The third-order valence-electron chi connectivity index (χ3n) is 7.81. The number of aryl methyl sites for hydroxylation is 1. The second-order valence-electron chi connectivity index (χ2n) is 11.1. The van der Waals surface area contributed by atoms with Gasteiger partial charge >= 0.3 is 0 Å². The van der Waals surface area contributed by atoms with Gasteiger partial charge in [-0.1, -0.05) is 39.5 Å². The summed E-state index contributed by atoms with van der Waals surface area (Å²) in [5.41, 5.74) is 1.82. The standard InChI is InChI=1S/C26H37N3OS2/c1-5-18-8-6-7-13-29(18)21(30)15-31-24-22-19-12-11-17(26(2,3)4)14-20(19)32-25(22)28-23(27-24)16-9-10-16/h16-18H,5-15H2,1-4H3/t17-,18+/m0/s1. The van der Waals surface area contributed by atoms with Gasteiger partial charge in [-0.2, -0.15) is 0 Å². The van der Waals surface area contributed by atoms with E-state index in [2.05, 4.69) is 32.6 Å². The lowest BCUT2D eigenvalue weighted by molar-refractivity contribution is -0.132. The van der Waals surface area contributed by atoms with E-state index in [1.807, 2.05) is 11.3 Å². The van der Waals surface area contributed by atoms with Crippen LogP contribution in [0.25, 0.3) is 10.2 Å². The Labute approximate surface area is 201 Å². The van der Waals surface area contributed by atoms with E-state index in [9.17, 15) is 4.79 Å². The SMILES string of the molecule is CC[C@@H]1CCCCN1C(=O)CSc1nc(C2CC2)nc2sc3c(c12)CC[C@H](C(C)(C)C)C3. The summed E-state index contributed by atoms with van der Waals surface area (Å²) in [7, 11) is 0. The van der Waals surface area contributed by atoms with Gasteiger partial charge in [-0.15, -0.1) is 11.3 Å². The molecule has 1 saturated carbocycles. The summed E-state index contributed by atoms with van der Waals surface area (Å²) in [5, 5.41) is 2.34. The number of hydrogen-bond donors (Lipinski definition) is 0. The number of fused-ring (bicyclic) bond motifs is 3. The maximum Gasteiger partial charge on any atom is 0.233 e. The maximum atomic E-state index is 13.2. The summed E-state index contributed by atoms with van der Waals surface area (Å²) >= 11 is 3.57. The van der Waals surface area contributed by atoms with Gasteiger partial charge in [0.05, 0.1) is 5.75 Å². The van der Waals surface area contributed by atoms with E-state index in [-0.39, 0.29) is 5.91 Å². The third-order valence-corrected chi connectivity index (χ3v) is 9.92. The molecule has 5 rings (SSSR count). The molecule has 32 heavy (non-hydrogen) atoms. The minimum atomic E-state index is 0.290. The zero-order chi connectivity index (χ0) is 22.5. The van der Waals surface area contributed by atoms with Gasteiger partial charge in [-0.05, 0) is 74.7 Å². The Kier molecular flexibility index (Phi) is 6.30. The molecule has 1 aliphatic heterocycles. The fourth-order valence-electron chi connectivity index (χ4n) is 5.49. The number of hydrogen-bond acceptors (Lipinski definition) is 5. The molecule has 2 atom stereocenters. The fraction of sp³-hybridized carbons (Fsp3) is 0.731. The molecule has 2 aliphatic carbocycles. The normalized spacial score (nSPS) is 24.1. The molecule has 0 radical (unpaired) electrons. The summed E-state index contributed by atoms with van der Waals surface area (Å²) < 4.78 is 0. The van der Waals surface area contributed by atoms with Crippen molar-refractivity contribution in [3.63, 3.8) is 0 Å². The highest BCUT2D eigenvalue weighted by atomic mass is 32.2. The molecule has 1 saturated heterocycles. The third kappa shape index (κ3) is 4.46. The van der Waals surface area contributed by atoms with Gasteiger partial charge in [0.25, 0.3) is 0 Å². The smallest absolute Gasteiger partial charge is 0.233 e. The summed E-state index contributed by atoms with van der Waals surface area (Å²) in [6.45, 7) is 10.3. The first-order valence-electron chi connectivity index (χ1n) is 12.6. The van der Waals surface area contributed by atoms with Crippen molar-refractivity contribution in [2.45, 2.75) is 102 Å². The Morgan fingerprint density at radius 2 is 1.97 bits per heavy atom. The molecule has 3 aliphatic rings. The predicted molar refractivity (Wildman–Crippen MR) is 135 cm³/mol. The van der Waals surface area contributed by atoms with Crippen LogP contribution in [0.4, 0.5) is 0 Å². The summed E-state index contributed by atoms with van der Waals surface area (Å²) in [4.78, 5) is 28.1. The second-order valence-corrected chi connectivity index (χ2v) is 13.1. The van der Waals surface area contributed by atoms with E-state index in [1.165, 1.54) is 46.3 Å². The minimum Gasteiger partial charge on any atom is -0.339 e. The summed E-state index contributed by atoms with van der Waals surface area (Å²) in [6, 6.07) is 0.424. The molecule has 0 aromatic carbocycles. The van der Waals surface area contributed by atoms with Crippen molar-refractivity contribution in [1.29, 1.82) is 0 Å². The first-order valence-corrected chi connectivity index (χ1v) is 14.4. The van der Waals surface area contributed by atoms with Crippen LogP contribution >= 0.6 is 23.1 Å². The van der Waals surface area contributed by atoms with Crippen LogP contribution in [0.5, 0.6) is 0 Å². The topological polar surface area (TPSA) is 46.1 Å². The lowest BCUT2D eigenvalue weighted by Crippen LogP contribution is -2.44. The highest BCUT2D eigenvalue weighted by molar-refractivity contribution is 8.00. The molecule has 0 unspecified atom stereocenters. The molecular formula is C26H37N3OS2. The number of likely N-dealkylation sites (tertiary alicyclic amines) is 1. The van der Waals surface area contributed by atoms with Crippen LogP contribution in [0.1, 0.15) is 94.8 Å². The number of thiophene rings is 1. The van der Waals surface area contributed by atoms with Gasteiger partial charge in [0, 0.05) is 28.8 Å². The predicted octanol–water partition coefficient (Wildman–Crippen LogP) is 6.60. The molecule has 0 spiro atoms. The van der Waals surface area contributed by atoms with Gasteiger partial charge in [-0.3, -0.25) is 4.79 Å². The van der Waals surface area contributed by atoms with E-state index in [1.54, 1.807) is 11.8 Å². The molecular weight excluding hydrogens is 434 g/mol. The average Bonchev–Trinajstić information content (AvgIpc) is 3.56. The quantitative estimate of drug-likeness (QED) is 0.364. The Bertz CT molecular complexity index is 1000. The maximum absolute atomic E-state index is 13.2. The van der Waals surface area contributed by atoms with Crippen molar-refractivity contribution < 1.29 is 4.79 Å². The second kappa shape index (κ2) is 8.90. The van der Waals surface area contributed by atoms with Gasteiger partial charge in [0.2, 0.25) is 5.91 Å². The van der Waals surface area contributed by atoms with E-state index < -0.39 is 0 Å². The van der Waals surface area contributed by atoms with Crippen LogP contribution in [0.3, 0.4) is 0 Å². The molecule has 4 nitrogen and oxygen atoms in total. The van der Waals surface area contributed by atoms with Crippen LogP contribution in [0.2, 0.25) is 0 Å². The number of rotatable bonds is 5. The number of thioether (sulfide) groups is 1. The molecule has 0 N–H and O–H groups in total. The van der Waals surface area contributed by atoms with E-state index in [4.69, 9.17) is 9.97 Å². The summed E-state index contributed by atoms with van der Waals surface area (Å²) in [5.74, 6) is 3.06. The highest BCUT2D eigenvalue weighted by Gasteiger charge is 2.34. The average molecular weight is 472 g/mol. The zero-order valence-corrected chi connectivity index (χ0v) is 21.7. The monoisotopic (exact) mass is 471 g/mol. The number of amides is 1. The van der Waals surface area contributed by atoms with Crippen molar-refractivity contribution in [1.82, 2.24) is 14.9 Å². The van der Waals surface area contributed by atoms with Gasteiger partial charge in [0.15, 0.2) is 0 Å².